The van der Waals surface area contributed by atoms with Crippen LogP contribution in [0.2, 0.25) is 0 Å². The number of hydrogen-bond acceptors (Lipinski definition) is 5. The van der Waals surface area contributed by atoms with Crippen molar-refractivity contribution in [1.82, 2.24) is 9.78 Å². The van der Waals surface area contributed by atoms with E-state index in [4.69, 9.17) is 14.2 Å². The number of amides is 1. The fourth-order valence-corrected chi connectivity index (χ4v) is 3.63. The highest BCUT2D eigenvalue weighted by Crippen LogP contribution is 2.48. The number of aromatic nitrogens is 2. The normalized spacial score (nSPS) is 16.0. The standard InChI is InChI=1S/C19H25N3O4/c1-6-9-22-11(2)16-13(10-15(23)20-19(16)21-22)12-7-8-14(24-3)18(26-5)17(12)25-4/h7-8,13H,6,9-10H2,1-5H3,(H,20,21,23). The number of nitrogens with zero attached hydrogens (tertiary/aromatic N) is 2. The van der Waals surface area contributed by atoms with E-state index in [0.29, 0.717) is 29.5 Å². The van der Waals surface area contributed by atoms with Crippen LogP contribution in [0.25, 0.3) is 0 Å². The second-order valence-corrected chi connectivity index (χ2v) is 6.30. The van der Waals surface area contributed by atoms with Crippen molar-refractivity contribution in [2.45, 2.75) is 39.2 Å². The lowest BCUT2D eigenvalue weighted by atomic mass is 9.85. The Morgan fingerprint density at radius 3 is 2.54 bits per heavy atom. The zero-order chi connectivity index (χ0) is 18.8. The highest BCUT2D eigenvalue weighted by Gasteiger charge is 2.34. The lowest BCUT2D eigenvalue weighted by Crippen LogP contribution is -2.23. The quantitative estimate of drug-likeness (QED) is 0.858. The number of fused-ring (bicyclic) bond motifs is 1. The number of aryl methyl sites for hydroxylation is 1. The van der Waals surface area contributed by atoms with E-state index < -0.39 is 0 Å². The molecule has 140 valence electrons. The second-order valence-electron chi connectivity index (χ2n) is 6.30. The number of anilines is 1. The Labute approximate surface area is 153 Å². The third kappa shape index (κ3) is 2.87. The molecule has 0 saturated heterocycles. The van der Waals surface area contributed by atoms with Crippen molar-refractivity contribution in [2.75, 3.05) is 26.6 Å². The van der Waals surface area contributed by atoms with E-state index in [2.05, 4.69) is 17.3 Å². The van der Waals surface area contributed by atoms with E-state index in [9.17, 15) is 4.79 Å². The molecule has 1 amide bonds. The molecule has 0 bridgehead atoms. The number of rotatable bonds is 6. The van der Waals surface area contributed by atoms with E-state index in [-0.39, 0.29) is 11.8 Å². The van der Waals surface area contributed by atoms with E-state index in [0.717, 1.165) is 29.8 Å². The number of benzene rings is 1. The maximum Gasteiger partial charge on any atom is 0.226 e. The molecule has 2 aromatic rings. The second kappa shape index (κ2) is 7.27. The number of ether oxygens (including phenoxy) is 3. The van der Waals surface area contributed by atoms with Gasteiger partial charge in [0.05, 0.1) is 21.3 Å². The molecule has 7 heteroatoms. The van der Waals surface area contributed by atoms with Crippen LogP contribution in [0.1, 0.15) is 42.5 Å². The monoisotopic (exact) mass is 359 g/mol. The minimum atomic E-state index is -0.154. The van der Waals surface area contributed by atoms with Crippen molar-refractivity contribution in [2.24, 2.45) is 0 Å². The minimum absolute atomic E-state index is 0.0551. The predicted molar refractivity (Wildman–Crippen MR) is 98.4 cm³/mol. The molecule has 1 unspecified atom stereocenters. The molecule has 2 heterocycles. The Morgan fingerprint density at radius 2 is 1.92 bits per heavy atom. The van der Waals surface area contributed by atoms with Gasteiger partial charge in [0.15, 0.2) is 17.3 Å². The summed E-state index contributed by atoms with van der Waals surface area (Å²) in [6, 6.07) is 3.78. The maximum absolute atomic E-state index is 12.3. The Morgan fingerprint density at radius 1 is 1.19 bits per heavy atom. The number of nitrogens with one attached hydrogen (secondary N) is 1. The first kappa shape index (κ1) is 18.1. The van der Waals surface area contributed by atoms with Gasteiger partial charge in [-0.3, -0.25) is 9.48 Å². The summed E-state index contributed by atoms with van der Waals surface area (Å²) in [5.41, 5.74) is 2.98. The summed E-state index contributed by atoms with van der Waals surface area (Å²) < 4.78 is 18.5. The molecule has 1 atom stereocenters. The van der Waals surface area contributed by atoms with Crippen molar-refractivity contribution in [3.05, 3.63) is 29.0 Å². The number of methoxy groups -OCH3 is 3. The van der Waals surface area contributed by atoms with Crippen molar-refractivity contribution in [3.63, 3.8) is 0 Å². The third-order valence-electron chi connectivity index (χ3n) is 4.79. The predicted octanol–water partition coefficient (Wildman–Crippen LogP) is 3.10. The Balaban J connectivity index is 2.18. The first-order valence-electron chi connectivity index (χ1n) is 8.71. The number of hydrogen-bond donors (Lipinski definition) is 1. The molecule has 0 radical (unpaired) electrons. The highest BCUT2D eigenvalue weighted by molar-refractivity contribution is 5.94. The number of carbonyl (C=O) groups excluding carboxylic acids is 1. The molecular weight excluding hydrogens is 334 g/mol. The zero-order valence-corrected chi connectivity index (χ0v) is 15.9. The molecule has 7 nitrogen and oxygen atoms in total. The van der Waals surface area contributed by atoms with Crippen LogP contribution in [-0.4, -0.2) is 37.0 Å². The largest absolute Gasteiger partial charge is 0.493 e. The molecule has 0 spiro atoms. The molecule has 3 rings (SSSR count). The molecule has 1 N–H and O–H groups in total. The minimum Gasteiger partial charge on any atom is -0.493 e. The summed E-state index contributed by atoms with van der Waals surface area (Å²) in [4.78, 5) is 12.3. The van der Waals surface area contributed by atoms with Crippen LogP contribution < -0.4 is 19.5 Å². The van der Waals surface area contributed by atoms with Gasteiger partial charge < -0.3 is 19.5 Å². The van der Waals surface area contributed by atoms with Crippen molar-refractivity contribution < 1.29 is 19.0 Å². The Bertz CT molecular complexity index is 829. The van der Waals surface area contributed by atoms with Gasteiger partial charge in [-0.15, -0.1) is 0 Å². The van der Waals surface area contributed by atoms with Gasteiger partial charge in [0, 0.05) is 35.7 Å². The van der Waals surface area contributed by atoms with Gasteiger partial charge in [0.1, 0.15) is 0 Å². The molecule has 0 saturated carbocycles. The van der Waals surface area contributed by atoms with Gasteiger partial charge in [-0.25, -0.2) is 0 Å². The first-order valence-corrected chi connectivity index (χ1v) is 8.71. The van der Waals surface area contributed by atoms with Gasteiger partial charge in [-0.1, -0.05) is 13.0 Å². The average molecular weight is 359 g/mol. The van der Waals surface area contributed by atoms with Crippen LogP contribution in [0.3, 0.4) is 0 Å². The smallest absolute Gasteiger partial charge is 0.226 e. The van der Waals surface area contributed by atoms with Crippen LogP contribution in [-0.2, 0) is 11.3 Å². The maximum atomic E-state index is 12.3. The Hall–Kier alpha value is -2.70. The van der Waals surface area contributed by atoms with Gasteiger partial charge in [0.2, 0.25) is 11.7 Å². The molecular formula is C19H25N3O4. The van der Waals surface area contributed by atoms with Gasteiger partial charge in [-0.2, -0.15) is 5.10 Å². The van der Waals surface area contributed by atoms with Crippen LogP contribution in [0.4, 0.5) is 5.82 Å². The topological polar surface area (TPSA) is 74.6 Å². The van der Waals surface area contributed by atoms with E-state index in [1.807, 2.05) is 23.7 Å². The molecule has 1 aromatic heterocycles. The average Bonchev–Trinajstić information content (AvgIpc) is 2.95. The molecule has 0 fully saturated rings. The van der Waals surface area contributed by atoms with Crippen LogP contribution in [0.15, 0.2) is 12.1 Å². The fourth-order valence-electron chi connectivity index (χ4n) is 3.63. The Kier molecular flexibility index (Phi) is 5.06. The van der Waals surface area contributed by atoms with Gasteiger partial charge in [0.25, 0.3) is 0 Å². The van der Waals surface area contributed by atoms with E-state index in [1.54, 1.807) is 21.3 Å². The highest BCUT2D eigenvalue weighted by atomic mass is 16.5. The van der Waals surface area contributed by atoms with Gasteiger partial charge >= 0.3 is 0 Å². The summed E-state index contributed by atoms with van der Waals surface area (Å²) in [5, 5.41) is 7.49. The number of carbonyl (C=O) groups is 1. The fraction of sp³-hybridized carbons (Fsp3) is 0.474. The summed E-state index contributed by atoms with van der Waals surface area (Å²) in [7, 11) is 4.76. The van der Waals surface area contributed by atoms with Gasteiger partial charge in [-0.05, 0) is 19.4 Å². The van der Waals surface area contributed by atoms with Crippen LogP contribution in [0, 0.1) is 6.92 Å². The zero-order valence-electron chi connectivity index (χ0n) is 15.9. The lowest BCUT2D eigenvalue weighted by molar-refractivity contribution is -0.116. The third-order valence-corrected chi connectivity index (χ3v) is 4.79. The lowest BCUT2D eigenvalue weighted by Gasteiger charge is -2.25. The van der Waals surface area contributed by atoms with Crippen LogP contribution >= 0.6 is 0 Å². The van der Waals surface area contributed by atoms with E-state index in [1.165, 1.54) is 0 Å². The van der Waals surface area contributed by atoms with Crippen molar-refractivity contribution >= 4 is 11.7 Å². The van der Waals surface area contributed by atoms with Crippen molar-refractivity contribution in [3.8, 4) is 17.2 Å². The van der Waals surface area contributed by atoms with Crippen molar-refractivity contribution in [1.29, 1.82) is 0 Å². The molecule has 1 aromatic carbocycles. The molecule has 1 aliphatic heterocycles. The molecule has 0 aliphatic carbocycles. The summed E-state index contributed by atoms with van der Waals surface area (Å²) in [6.45, 7) is 4.96. The van der Waals surface area contributed by atoms with Crippen LogP contribution in [0.5, 0.6) is 17.2 Å². The molecule has 26 heavy (non-hydrogen) atoms. The first-order chi connectivity index (χ1) is 12.5. The summed E-state index contributed by atoms with van der Waals surface area (Å²) >= 11 is 0. The molecule has 1 aliphatic rings. The summed E-state index contributed by atoms with van der Waals surface area (Å²) in [5.74, 6) is 2.12. The van der Waals surface area contributed by atoms with E-state index >= 15 is 0 Å². The summed E-state index contributed by atoms with van der Waals surface area (Å²) in [6.07, 6.45) is 1.30. The SMILES string of the molecule is CCCn1nc2c(c1C)C(c1ccc(OC)c(OC)c1OC)CC(=O)N2.